The SMILES string of the molecule is COc1cc2c(cc1OC)CN(C(=O)CCc1coc(C)n1)CC2. The van der Waals surface area contributed by atoms with Crippen LogP contribution in [0, 0.1) is 6.92 Å². The van der Waals surface area contributed by atoms with Crippen molar-refractivity contribution in [2.75, 3.05) is 20.8 Å². The van der Waals surface area contributed by atoms with Gasteiger partial charge in [-0.3, -0.25) is 4.79 Å². The van der Waals surface area contributed by atoms with Crippen LogP contribution in [-0.2, 0) is 24.2 Å². The van der Waals surface area contributed by atoms with Crippen molar-refractivity contribution >= 4 is 5.91 Å². The molecule has 0 aliphatic carbocycles. The average Bonchev–Trinajstić information content (AvgIpc) is 3.03. The zero-order chi connectivity index (χ0) is 17.1. The summed E-state index contributed by atoms with van der Waals surface area (Å²) in [4.78, 5) is 18.6. The normalized spacial score (nSPS) is 13.5. The first-order chi connectivity index (χ1) is 11.6. The van der Waals surface area contributed by atoms with Crippen LogP contribution in [0.25, 0.3) is 0 Å². The van der Waals surface area contributed by atoms with Crippen LogP contribution in [0.3, 0.4) is 0 Å². The predicted octanol–water partition coefficient (Wildman–Crippen LogP) is 2.52. The Kier molecular flexibility index (Phi) is 4.74. The van der Waals surface area contributed by atoms with Crippen molar-refractivity contribution in [2.24, 2.45) is 0 Å². The van der Waals surface area contributed by atoms with Crippen molar-refractivity contribution in [1.82, 2.24) is 9.88 Å². The lowest BCUT2D eigenvalue weighted by molar-refractivity contribution is -0.132. The fourth-order valence-electron chi connectivity index (χ4n) is 3.01. The summed E-state index contributed by atoms with van der Waals surface area (Å²) in [5.74, 6) is 2.20. The van der Waals surface area contributed by atoms with Gasteiger partial charge in [0.05, 0.1) is 19.9 Å². The lowest BCUT2D eigenvalue weighted by Crippen LogP contribution is -2.36. The van der Waals surface area contributed by atoms with Gasteiger partial charge in [0.2, 0.25) is 5.91 Å². The number of hydrogen-bond donors (Lipinski definition) is 0. The first-order valence-corrected chi connectivity index (χ1v) is 8.03. The Hall–Kier alpha value is -2.50. The summed E-state index contributed by atoms with van der Waals surface area (Å²) in [6.45, 7) is 3.13. The summed E-state index contributed by atoms with van der Waals surface area (Å²) in [6.07, 6.45) is 3.48. The highest BCUT2D eigenvalue weighted by Gasteiger charge is 2.22. The maximum atomic E-state index is 12.5. The van der Waals surface area contributed by atoms with Crippen LogP contribution in [0.4, 0.5) is 0 Å². The van der Waals surface area contributed by atoms with E-state index in [-0.39, 0.29) is 5.91 Å². The topological polar surface area (TPSA) is 64.8 Å². The molecule has 2 heterocycles. The molecule has 128 valence electrons. The van der Waals surface area contributed by atoms with Gasteiger partial charge in [0.1, 0.15) is 6.26 Å². The Morgan fingerprint density at radius 3 is 2.58 bits per heavy atom. The number of benzene rings is 1. The number of ether oxygens (including phenoxy) is 2. The van der Waals surface area contributed by atoms with Gasteiger partial charge in [-0.25, -0.2) is 4.98 Å². The summed E-state index contributed by atoms with van der Waals surface area (Å²) in [6, 6.07) is 3.97. The van der Waals surface area contributed by atoms with E-state index >= 15 is 0 Å². The van der Waals surface area contributed by atoms with Gasteiger partial charge in [-0.15, -0.1) is 0 Å². The van der Waals surface area contributed by atoms with Gasteiger partial charge >= 0.3 is 0 Å². The Bertz CT molecular complexity index is 739. The Morgan fingerprint density at radius 1 is 1.25 bits per heavy atom. The number of rotatable bonds is 5. The second kappa shape index (κ2) is 6.95. The summed E-state index contributed by atoms with van der Waals surface area (Å²) in [5.41, 5.74) is 3.15. The van der Waals surface area contributed by atoms with E-state index in [9.17, 15) is 4.79 Å². The maximum absolute atomic E-state index is 12.5. The first kappa shape index (κ1) is 16.4. The first-order valence-electron chi connectivity index (χ1n) is 8.03. The third kappa shape index (κ3) is 3.37. The highest BCUT2D eigenvalue weighted by atomic mass is 16.5. The third-order valence-corrected chi connectivity index (χ3v) is 4.33. The number of oxazole rings is 1. The molecule has 1 aromatic heterocycles. The lowest BCUT2D eigenvalue weighted by atomic mass is 9.98. The highest BCUT2D eigenvalue weighted by Crippen LogP contribution is 2.33. The fraction of sp³-hybridized carbons (Fsp3) is 0.444. The van der Waals surface area contributed by atoms with Gasteiger partial charge in [0.25, 0.3) is 0 Å². The van der Waals surface area contributed by atoms with E-state index in [1.807, 2.05) is 17.0 Å². The molecule has 1 aliphatic heterocycles. The second-order valence-corrected chi connectivity index (χ2v) is 5.90. The Morgan fingerprint density at radius 2 is 1.96 bits per heavy atom. The zero-order valence-corrected chi connectivity index (χ0v) is 14.3. The van der Waals surface area contributed by atoms with E-state index in [2.05, 4.69) is 4.98 Å². The molecule has 1 amide bonds. The fourth-order valence-corrected chi connectivity index (χ4v) is 3.01. The molecular formula is C18H22N2O4. The molecule has 1 aliphatic rings. The van der Waals surface area contributed by atoms with Crippen molar-refractivity contribution < 1.29 is 18.7 Å². The van der Waals surface area contributed by atoms with Gasteiger partial charge < -0.3 is 18.8 Å². The molecule has 2 aromatic rings. The molecule has 0 saturated heterocycles. The number of carbonyl (C=O) groups is 1. The smallest absolute Gasteiger partial charge is 0.223 e. The standard InChI is InChI=1S/C18H22N2O4/c1-12-19-15(11-24-12)4-5-18(21)20-7-6-13-8-16(22-2)17(23-3)9-14(13)10-20/h8-9,11H,4-7,10H2,1-3H3. The predicted molar refractivity (Wildman–Crippen MR) is 88.2 cm³/mol. The minimum Gasteiger partial charge on any atom is -0.493 e. The maximum Gasteiger partial charge on any atom is 0.223 e. The molecule has 0 saturated carbocycles. The lowest BCUT2D eigenvalue weighted by Gasteiger charge is -2.29. The van der Waals surface area contributed by atoms with Crippen molar-refractivity contribution in [3.05, 3.63) is 41.1 Å². The van der Waals surface area contributed by atoms with E-state index < -0.39 is 0 Å². The molecule has 0 fully saturated rings. The number of hydrogen-bond acceptors (Lipinski definition) is 5. The molecule has 0 spiro atoms. The Labute approximate surface area is 141 Å². The van der Waals surface area contributed by atoms with Crippen LogP contribution < -0.4 is 9.47 Å². The van der Waals surface area contributed by atoms with Crippen LogP contribution in [0.2, 0.25) is 0 Å². The Balaban J connectivity index is 1.66. The largest absolute Gasteiger partial charge is 0.493 e. The van der Waals surface area contributed by atoms with E-state index in [0.29, 0.717) is 31.0 Å². The quantitative estimate of drug-likeness (QED) is 0.843. The summed E-state index contributed by atoms with van der Waals surface area (Å²) in [5, 5.41) is 0. The molecule has 0 bridgehead atoms. The van der Waals surface area contributed by atoms with E-state index in [1.165, 1.54) is 5.56 Å². The molecule has 0 radical (unpaired) electrons. The van der Waals surface area contributed by atoms with E-state index in [4.69, 9.17) is 13.9 Å². The molecule has 0 N–H and O–H groups in total. The van der Waals surface area contributed by atoms with Crippen LogP contribution >= 0.6 is 0 Å². The molecule has 0 unspecified atom stereocenters. The number of nitrogens with zero attached hydrogens (tertiary/aromatic N) is 2. The zero-order valence-electron chi connectivity index (χ0n) is 14.3. The van der Waals surface area contributed by atoms with Crippen LogP contribution in [0.5, 0.6) is 11.5 Å². The van der Waals surface area contributed by atoms with Crippen molar-refractivity contribution in [3.8, 4) is 11.5 Å². The third-order valence-electron chi connectivity index (χ3n) is 4.33. The summed E-state index contributed by atoms with van der Waals surface area (Å²) < 4.78 is 15.9. The number of methoxy groups -OCH3 is 2. The molecule has 0 atom stereocenters. The van der Waals surface area contributed by atoms with Crippen LogP contribution in [0.15, 0.2) is 22.8 Å². The van der Waals surface area contributed by atoms with Crippen molar-refractivity contribution in [1.29, 1.82) is 0 Å². The van der Waals surface area contributed by atoms with Gasteiger partial charge in [-0.2, -0.15) is 0 Å². The number of carbonyl (C=O) groups excluding carboxylic acids is 1. The van der Waals surface area contributed by atoms with E-state index in [0.717, 1.165) is 30.0 Å². The molecule has 24 heavy (non-hydrogen) atoms. The second-order valence-electron chi connectivity index (χ2n) is 5.90. The van der Waals surface area contributed by atoms with E-state index in [1.54, 1.807) is 27.4 Å². The van der Waals surface area contributed by atoms with Gasteiger partial charge in [0.15, 0.2) is 17.4 Å². The van der Waals surface area contributed by atoms with Crippen LogP contribution in [-0.4, -0.2) is 36.6 Å². The molecule has 1 aromatic carbocycles. The minimum atomic E-state index is 0.135. The van der Waals surface area contributed by atoms with Crippen LogP contribution in [0.1, 0.15) is 29.1 Å². The van der Waals surface area contributed by atoms with Gasteiger partial charge in [-0.1, -0.05) is 0 Å². The number of aromatic nitrogens is 1. The summed E-state index contributed by atoms with van der Waals surface area (Å²) in [7, 11) is 3.25. The monoisotopic (exact) mass is 330 g/mol. The molecule has 6 heteroatoms. The molecular weight excluding hydrogens is 308 g/mol. The highest BCUT2D eigenvalue weighted by molar-refractivity contribution is 5.76. The number of aryl methyl sites for hydroxylation is 2. The summed E-state index contributed by atoms with van der Waals surface area (Å²) >= 11 is 0. The van der Waals surface area contributed by atoms with Crippen molar-refractivity contribution in [2.45, 2.75) is 32.7 Å². The van der Waals surface area contributed by atoms with Gasteiger partial charge in [-0.05, 0) is 29.7 Å². The van der Waals surface area contributed by atoms with Gasteiger partial charge in [0, 0.05) is 32.9 Å². The average molecular weight is 330 g/mol. The molecule has 6 nitrogen and oxygen atoms in total. The number of fused-ring (bicyclic) bond motifs is 1. The number of amides is 1. The van der Waals surface area contributed by atoms with Crippen molar-refractivity contribution in [3.63, 3.8) is 0 Å². The molecule has 3 rings (SSSR count). The minimum absolute atomic E-state index is 0.135.